The quantitative estimate of drug-likeness (QED) is 0.621. The van der Waals surface area contributed by atoms with E-state index in [1.165, 1.54) is 29.6 Å². The second kappa shape index (κ2) is 6.20. The number of hydrogen-bond donors (Lipinski definition) is 0. The van der Waals surface area contributed by atoms with Crippen molar-refractivity contribution in [2.24, 2.45) is 0 Å². The summed E-state index contributed by atoms with van der Waals surface area (Å²) >= 11 is 0. The Balaban J connectivity index is 2.02. The zero-order valence-electron chi connectivity index (χ0n) is 11.0. The number of rotatable bonds is 4. The van der Waals surface area contributed by atoms with E-state index in [0.717, 1.165) is 12.0 Å². The Kier molecular flexibility index (Phi) is 4.35. The highest BCUT2D eigenvalue weighted by Gasteiger charge is 2.02. The van der Waals surface area contributed by atoms with E-state index in [-0.39, 0.29) is 0 Å². The molecule has 1 aliphatic rings. The lowest BCUT2D eigenvalue weighted by Gasteiger charge is -2.09. The Labute approximate surface area is 110 Å². The van der Waals surface area contributed by atoms with Crippen molar-refractivity contribution in [3.8, 4) is 0 Å². The van der Waals surface area contributed by atoms with Crippen molar-refractivity contribution in [2.75, 3.05) is 0 Å². The molecule has 0 spiro atoms. The summed E-state index contributed by atoms with van der Waals surface area (Å²) in [5, 5.41) is 0. The van der Waals surface area contributed by atoms with Gasteiger partial charge in [-0.15, -0.1) is 0 Å². The molecule has 0 fully saturated rings. The van der Waals surface area contributed by atoms with Crippen LogP contribution in [0.3, 0.4) is 0 Å². The fraction of sp³-hybridized carbons (Fsp3) is 0.222. The molecule has 18 heavy (non-hydrogen) atoms. The van der Waals surface area contributed by atoms with Crippen molar-refractivity contribution in [2.45, 2.75) is 26.2 Å². The lowest BCUT2D eigenvalue weighted by Crippen LogP contribution is -1.88. The van der Waals surface area contributed by atoms with Crippen LogP contribution >= 0.6 is 0 Å². The third-order valence-electron chi connectivity index (χ3n) is 3.37. The SMILES string of the molecule is C=C(/C(C)=C\CC1=CC=CCC1)c1ccccc1. The molecule has 1 aromatic carbocycles. The normalized spacial score (nSPS) is 15.4. The Hall–Kier alpha value is -1.82. The monoisotopic (exact) mass is 236 g/mol. The molecule has 1 aliphatic carbocycles. The third-order valence-corrected chi connectivity index (χ3v) is 3.37. The first-order valence-corrected chi connectivity index (χ1v) is 6.53. The van der Waals surface area contributed by atoms with Crippen LogP contribution in [0.15, 0.2) is 72.4 Å². The number of allylic oxidation sites excluding steroid dienone is 7. The number of hydrogen-bond acceptors (Lipinski definition) is 0. The van der Waals surface area contributed by atoms with Gasteiger partial charge in [-0.1, -0.05) is 66.8 Å². The lowest BCUT2D eigenvalue weighted by atomic mass is 9.97. The Morgan fingerprint density at radius 3 is 2.72 bits per heavy atom. The molecule has 1 aromatic rings. The molecule has 92 valence electrons. The molecule has 0 unspecified atom stereocenters. The number of benzene rings is 1. The van der Waals surface area contributed by atoms with Crippen molar-refractivity contribution in [3.05, 3.63) is 77.9 Å². The van der Waals surface area contributed by atoms with Crippen molar-refractivity contribution < 1.29 is 0 Å². The van der Waals surface area contributed by atoms with Gasteiger partial charge in [0.25, 0.3) is 0 Å². The van der Waals surface area contributed by atoms with E-state index < -0.39 is 0 Å². The molecule has 2 rings (SSSR count). The zero-order valence-corrected chi connectivity index (χ0v) is 11.0. The van der Waals surface area contributed by atoms with E-state index >= 15 is 0 Å². The van der Waals surface area contributed by atoms with Crippen LogP contribution in [0, 0.1) is 0 Å². The van der Waals surface area contributed by atoms with E-state index in [1.54, 1.807) is 0 Å². The fourth-order valence-electron chi connectivity index (χ4n) is 2.10. The predicted molar refractivity (Wildman–Crippen MR) is 80.3 cm³/mol. The summed E-state index contributed by atoms with van der Waals surface area (Å²) in [6, 6.07) is 10.4. The average molecular weight is 236 g/mol. The van der Waals surface area contributed by atoms with E-state index in [0.29, 0.717) is 0 Å². The molecule has 0 aromatic heterocycles. The summed E-state index contributed by atoms with van der Waals surface area (Å²) < 4.78 is 0. The van der Waals surface area contributed by atoms with Gasteiger partial charge in [0.05, 0.1) is 0 Å². The lowest BCUT2D eigenvalue weighted by molar-refractivity contribution is 0.923. The molecular formula is C18H20. The summed E-state index contributed by atoms with van der Waals surface area (Å²) in [7, 11) is 0. The van der Waals surface area contributed by atoms with Crippen molar-refractivity contribution in [1.29, 1.82) is 0 Å². The molecular weight excluding hydrogens is 216 g/mol. The second-order valence-electron chi connectivity index (χ2n) is 4.73. The van der Waals surface area contributed by atoms with Gasteiger partial charge in [0.2, 0.25) is 0 Å². The summed E-state index contributed by atoms with van der Waals surface area (Å²) in [6.45, 7) is 6.33. The van der Waals surface area contributed by atoms with Gasteiger partial charge in [-0.25, -0.2) is 0 Å². The molecule has 0 atom stereocenters. The maximum Gasteiger partial charge on any atom is -0.0130 e. The largest absolute Gasteiger partial charge is 0.0909 e. The molecule has 0 N–H and O–H groups in total. The van der Waals surface area contributed by atoms with Gasteiger partial charge < -0.3 is 0 Å². The fourth-order valence-corrected chi connectivity index (χ4v) is 2.10. The van der Waals surface area contributed by atoms with Crippen LogP contribution in [0.25, 0.3) is 5.57 Å². The van der Waals surface area contributed by atoms with E-state index in [4.69, 9.17) is 0 Å². The highest BCUT2D eigenvalue weighted by atomic mass is 14.1. The van der Waals surface area contributed by atoms with Crippen molar-refractivity contribution in [1.82, 2.24) is 0 Å². The highest BCUT2D eigenvalue weighted by Crippen LogP contribution is 2.23. The first-order valence-electron chi connectivity index (χ1n) is 6.53. The minimum atomic E-state index is 1.04. The zero-order chi connectivity index (χ0) is 12.8. The summed E-state index contributed by atoms with van der Waals surface area (Å²) in [5.74, 6) is 0. The van der Waals surface area contributed by atoms with Gasteiger partial charge in [0.1, 0.15) is 0 Å². The van der Waals surface area contributed by atoms with Crippen LogP contribution in [0.4, 0.5) is 0 Å². The van der Waals surface area contributed by atoms with Gasteiger partial charge in [-0.05, 0) is 42.9 Å². The molecule has 0 heteroatoms. The topological polar surface area (TPSA) is 0 Å². The summed E-state index contributed by atoms with van der Waals surface area (Å²) in [6.07, 6.45) is 12.3. The van der Waals surface area contributed by atoms with Gasteiger partial charge in [0.15, 0.2) is 0 Å². The van der Waals surface area contributed by atoms with Crippen LogP contribution in [0.2, 0.25) is 0 Å². The average Bonchev–Trinajstić information content (AvgIpc) is 2.46. The van der Waals surface area contributed by atoms with Crippen LogP contribution in [0.5, 0.6) is 0 Å². The van der Waals surface area contributed by atoms with Gasteiger partial charge in [0, 0.05) is 0 Å². The maximum absolute atomic E-state index is 4.19. The minimum Gasteiger partial charge on any atom is -0.0909 e. The minimum absolute atomic E-state index is 1.04. The Morgan fingerprint density at radius 1 is 1.28 bits per heavy atom. The van der Waals surface area contributed by atoms with Crippen molar-refractivity contribution >= 4 is 5.57 Å². The van der Waals surface area contributed by atoms with Crippen LogP contribution in [-0.2, 0) is 0 Å². The van der Waals surface area contributed by atoms with Crippen LogP contribution in [0.1, 0.15) is 31.7 Å². The molecule has 0 nitrogen and oxygen atoms in total. The predicted octanol–water partition coefficient (Wildman–Crippen LogP) is 5.31. The van der Waals surface area contributed by atoms with Crippen molar-refractivity contribution in [3.63, 3.8) is 0 Å². The van der Waals surface area contributed by atoms with Gasteiger partial charge >= 0.3 is 0 Å². The third kappa shape index (κ3) is 3.33. The van der Waals surface area contributed by atoms with Gasteiger partial charge in [-0.3, -0.25) is 0 Å². The van der Waals surface area contributed by atoms with Crippen LogP contribution in [-0.4, -0.2) is 0 Å². The first-order chi connectivity index (χ1) is 8.77. The molecule has 0 saturated heterocycles. The van der Waals surface area contributed by atoms with Crippen LogP contribution < -0.4 is 0 Å². The molecule has 0 bridgehead atoms. The summed E-state index contributed by atoms with van der Waals surface area (Å²) in [4.78, 5) is 0. The van der Waals surface area contributed by atoms with Gasteiger partial charge in [-0.2, -0.15) is 0 Å². The molecule has 0 saturated carbocycles. The highest BCUT2D eigenvalue weighted by molar-refractivity contribution is 5.76. The van der Waals surface area contributed by atoms with E-state index in [9.17, 15) is 0 Å². The van der Waals surface area contributed by atoms with E-state index in [2.05, 4.69) is 62.1 Å². The molecule has 0 radical (unpaired) electrons. The second-order valence-corrected chi connectivity index (χ2v) is 4.73. The molecule has 0 aliphatic heterocycles. The summed E-state index contributed by atoms with van der Waals surface area (Å²) in [5.41, 5.74) is 5.13. The molecule has 0 heterocycles. The Morgan fingerprint density at radius 2 is 2.06 bits per heavy atom. The standard InChI is InChI=1S/C18H20/c1-15(13-14-17-9-5-3-6-10-17)16(2)18-11-7-4-8-12-18/h3-5,7-9,11-13H,2,6,10,14H2,1H3/b15-13-. The Bertz CT molecular complexity index is 498. The maximum atomic E-state index is 4.19. The first kappa shape index (κ1) is 12.6. The van der Waals surface area contributed by atoms with E-state index in [1.807, 2.05) is 6.07 Å². The smallest absolute Gasteiger partial charge is 0.0130 e. The molecule has 0 amide bonds.